The number of fused-ring (bicyclic) bond motifs is 3. The number of pyridine rings is 2. The van der Waals surface area contributed by atoms with Crippen LogP contribution in [0.25, 0.3) is 33.2 Å². The Morgan fingerprint density at radius 2 is 0.900 bits per heavy atom. The molecule has 2 aromatic heterocycles. The predicted octanol–water partition coefficient (Wildman–Crippen LogP) is 6.29. The van der Waals surface area contributed by atoms with Gasteiger partial charge in [-0.05, 0) is 60.7 Å². The average Bonchev–Trinajstić information content (AvgIpc) is 3.64. The van der Waals surface area contributed by atoms with Crippen LogP contribution in [0.2, 0.25) is 0 Å². The number of amides is 4. The second-order valence-corrected chi connectivity index (χ2v) is 11.6. The number of imide groups is 2. The van der Waals surface area contributed by atoms with Crippen LogP contribution in [-0.4, -0.2) is 57.6 Å². The zero-order valence-corrected chi connectivity index (χ0v) is 26.8. The van der Waals surface area contributed by atoms with E-state index in [4.69, 9.17) is 9.47 Å². The molecular formula is C40H26N4O6. The third kappa shape index (κ3) is 4.65. The summed E-state index contributed by atoms with van der Waals surface area (Å²) < 4.78 is 10.6. The quantitative estimate of drug-likeness (QED) is 0.192. The number of carbonyl (C=O) groups excluding carboxylic acids is 4. The molecule has 0 spiro atoms. The van der Waals surface area contributed by atoms with Gasteiger partial charge in [-0.15, -0.1) is 0 Å². The number of ether oxygens (including phenoxy) is 2. The summed E-state index contributed by atoms with van der Waals surface area (Å²) in [7, 11) is 3.03. The maximum absolute atomic E-state index is 14.9. The zero-order chi connectivity index (χ0) is 34.5. The number of carbonyl (C=O) groups is 4. The summed E-state index contributed by atoms with van der Waals surface area (Å²) in [6.45, 7) is 0. The zero-order valence-electron chi connectivity index (χ0n) is 26.8. The summed E-state index contributed by atoms with van der Waals surface area (Å²) in [5, 5.41) is 1.46. The van der Waals surface area contributed by atoms with E-state index >= 15 is 0 Å². The molecule has 2 aliphatic heterocycles. The molecule has 10 nitrogen and oxygen atoms in total. The van der Waals surface area contributed by atoms with Crippen molar-refractivity contribution in [2.24, 2.45) is 0 Å². The van der Waals surface area contributed by atoms with E-state index in [1.807, 2.05) is 24.3 Å². The van der Waals surface area contributed by atoms with Crippen LogP contribution >= 0.6 is 0 Å². The molecule has 0 saturated heterocycles. The lowest BCUT2D eigenvalue weighted by Gasteiger charge is -2.24. The molecule has 0 aliphatic carbocycles. The third-order valence-corrected chi connectivity index (χ3v) is 8.86. The molecule has 4 heterocycles. The average molecular weight is 659 g/mol. The fourth-order valence-corrected chi connectivity index (χ4v) is 6.52. The van der Waals surface area contributed by atoms with Crippen LogP contribution < -0.4 is 9.47 Å². The molecule has 0 N–H and O–H groups in total. The van der Waals surface area contributed by atoms with Gasteiger partial charge in [0.25, 0.3) is 23.6 Å². The number of hydrogen-bond acceptors (Lipinski definition) is 8. The van der Waals surface area contributed by atoms with Crippen molar-refractivity contribution in [2.45, 2.75) is 0 Å². The van der Waals surface area contributed by atoms with Crippen molar-refractivity contribution in [2.75, 3.05) is 14.2 Å². The first-order valence-electron chi connectivity index (χ1n) is 15.6. The predicted molar refractivity (Wildman–Crippen MR) is 186 cm³/mol. The Morgan fingerprint density at radius 3 is 1.28 bits per heavy atom. The van der Waals surface area contributed by atoms with Crippen LogP contribution in [0.5, 0.6) is 11.5 Å². The summed E-state index contributed by atoms with van der Waals surface area (Å²) in [5.41, 5.74) is 2.00. The second kappa shape index (κ2) is 11.9. The minimum absolute atomic E-state index is 0.0378. The van der Waals surface area contributed by atoms with Gasteiger partial charge in [0.15, 0.2) is 0 Å². The summed E-state index contributed by atoms with van der Waals surface area (Å²) in [5.74, 6) is -1.79. The smallest absolute Gasteiger partial charge is 0.268 e. The number of nitrogens with zero attached hydrogens (tertiary/aromatic N) is 4. The van der Waals surface area contributed by atoms with Crippen molar-refractivity contribution >= 4 is 56.8 Å². The van der Waals surface area contributed by atoms with Gasteiger partial charge in [0, 0.05) is 45.4 Å². The van der Waals surface area contributed by atoms with Crippen LogP contribution in [0.15, 0.2) is 133 Å². The highest BCUT2D eigenvalue weighted by Crippen LogP contribution is 2.49. The Morgan fingerprint density at radius 1 is 0.520 bits per heavy atom. The monoisotopic (exact) mass is 658 g/mol. The number of benzene rings is 4. The minimum Gasteiger partial charge on any atom is -0.497 e. The molecule has 0 unspecified atom stereocenters. The van der Waals surface area contributed by atoms with Crippen LogP contribution in [0.1, 0.15) is 31.8 Å². The normalized spacial score (nSPS) is 14.2. The molecule has 4 amide bonds. The molecule has 6 aromatic rings. The van der Waals surface area contributed by atoms with E-state index in [1.54, 1.807) is 97.3 Å². The van der Waals surface area contributed by atoms with Gasteiger partial charge in [-0.2, -0.15) is 0 Å². The molecule has 8 rings (SSSR count). The highest BCUT2D eigenvalue weighted by molar-refractivity contribution is 6.38. The lowest BCUT2D eigenvalue weighted by molar-refractivity contribution is -0.122. The fourth-order valence-electron chi connectivity index (χ4n) is 6.52. The van der Waals surface area contributed by atoms with Crippen LogP contribution in [0, 0.1) is 0 Å². The highest BCUT2D eigenvalue weighted by atomic mass is 16.5. The molecule has 242 valence electrons. The van der Waals surface area contributed by atoms with Gasteiger partial charge < -0.3 is 9.47 Å². The fraction of sp³-hybridized carbons (Fsp3) is 0.0500. The molecule has 4 aromatic carbocycles. The number of para-hydroxylation sites is 2. The van der Waals surface area contributed by atoms with Crippen molar-refractivity contribution in [3.05, 3.63) is 155 Å². The number of aromatic nitrogens is 2. The Labute approximate surface area is 285 Å². The lowest BCUT2D eigenvalue weighted by Crippen LogP contribution is -2.36. The molecule has 10 heteroatoms. The largest absolute Gasteiger partial charge is 0.497 e. The van der Waals surface area contributed by atoms with E-state index in [0.29, 0.717) is 33.7 Å². The molecule has 2 aliphatic rings. The van der Waals surface area contributed by atoms with Gasteiger partial charge in [0.2, 0.25) is 0 Å². The summed E-state index contributed by atoms with van der Waals surface area (Å²) in [6.07, 6.45) is 3.20. The standard InChI is InChI=1S/C40H26N4O6/c1-49-27-17-13-25(14-18-27)37(45)43-35(29-11-3-7-23-9-5-21-41-33(23)29)31-32(39(43)47)36(30-12-4-8-24-10-6-22-42-34(24)30)44(40(31)48)38(46)26-15-19-28(50-2)20-16-26/h3-22H,1-2H3. The van der Waals surface area contributed by atoms with Crippen LogP contribution in [0.4, 0.5) is 0 Å². The number of methoxy groups -OCH3 is 2. The van der Waals surface area contributed by atoms with Gasteiger partial charge >= 0.3 is 0 Å². The molecule has 0 bridgehead atoms. The van der Waals surface area contributed by atoms with Crippen molar-refractivity contribution in [3.63, 3.8) is 0 Å². The van der Waals surface area contributed by atoms with E-state index in [-0.39, 0.29) is 33.7 Å². The van der Waals surface area contributed by atoms with E-state index in [1.165, 1.54) is 14.2 Å². The van der Waals surface area contributed by atoms with E-state index in [9.17, 15) is 19.2 Å². The summed E-state index contributed by atoms with van der Waals surface area (Å²) in [6, 6.07) is 30.6. The molecule has 50 heavy (non-hydrogen) atoms. The Kier molecular flexibility index (Phi) is 7.26. The van der Waals surface area contributed by atoms with Gasteiger partial charge in [-0.25, -0.2) is 9.80 Å². The van der Waals surface area contributed by atoms with Gasteiger partial charge in [-0.1, -0.05) is 48.5 Å². The summed E-state index contributed by atoms with van der Waals surface area (Å²) >= 11 is 0. The van der Waals surface area contributed by atoms with Gasteiger partial charge in [-0.3, -0.25) is 29.1 Å². The first kappa shape index (κ1) is 30.4. The first-order chi connectivity index (χ1) is 24.4. The Balaban J connectivity index is 1.44. The van der Waals surface area contributed by atoms with Crippen LogP contribution in [0.3, 0.4) is 0 Å². The second-order valence-electron chi connectivity index (χ2n) is 11.6. The first-order valence-corrected chi connectivity index (χ1v) is 15.6. The van der Waals surface area contributed by atoms with Crippen molar-refractivity contribution < 1.29 is 28.7 Å². The van der Waals surface area contributed by atoms with E-state index in [2.05, 4.69) is 9.97 Å². The van der Waals surface area contributed by atoms with Crippen molar-refractivity contribution in [1.82, 2.24) is 19.8 Å². The lowest BCUT2D eigenvalue weighted by atomic mass is 9.99. The summed E-state index contributed by atoms with van der Waals surface area (Å²) in [4.78, 5) is 69.9. The molecule has 0 radical (unpaired) electrons. The number of hydrogen-bond donors (Lipinski definition) is 0. The van der Waals surface area contributed by atoms with Gasteiger partial charge in [0.1, 0.15) is 11.5 Å². The SMILES string of the molecule is COc1ccc(C(=O)N2C(=O)C3=C(c4cccc5cccnc45)N(C(=O)c4ccc(OC)cc4)C(=O)C3=C2c2cccc3cccnc23)cc1. The van der Waals surface area contributed by atoms with E-state index < -0.39 is 23.6 Å². The van der Waals surface area contributed by atoms with Gasteiger partial charge in [0.05, 0.1) is 47.8 Å². The number of rotatable bonds is 6. The van der Waals surface area contributed by atoms with Crippen molar-refractivity contribution in [1.29, 1.82) is 0 Å². The molecule has 0 saturated carbocycles. The molecule has 0 atom stereocenters. The van der Waals surface area contributed by atoms with Crippen LogP contribution in [-0.2, 0) is 9.59 Å². The minimum atomic E-state index is -0.759. The third-order valence-electron chi connectivity index (χ3n) is 8.86. The van der Waals surface area contributed by atoms with Crippen molar-refractivity contribution in [3.8, 4) is 11.5 Å². The Hall–Kier alpha value is -6.94. The Bertz CT molecular complexity index is 2300. The van der Waals surface area contributed by atoms with E-state index in [0.717, 1.165) is 20.6 Å². The maximum Gasteiger partial charge on any atom is 0.268 e. The molecule has 0 fully saturated rings. The highest BCUT2D eigenvalue weighted by Gasteiger charge is 2.53. The topological polar surface area (TPSA) is 119 Å². The maximum atomic E-state index is 14.9. The molecular weight excluding hydrogens is 632 g/mol.